The first-order valence-electron chi connectivity index (χ1n) is 3.36. The average Bonchev–Trinajstić information content (AvgIpc) is 2.15. The first-order chi connectivity index (χ1) is 4.19. The minimum atomic E-state index is -0.153. The quantitative estimate of drug-likeness (QED) is 0.372. The Morgan fingerprint density at radius 3 is 2.56 bits per heavy atom. The molecule has 0 aromatic carbocycles. The highest BCUT2D eigenvalue weighted by molar-refractivity contribution is 5.64. The molecule has 0 unspecified atom stereocenters. The maximum atomic E-state index is 10.5. The number of carbonyl (C=O) groups is 1. The standard InChI is InChI=1S/C7H13NO/c1-7(6-9)4-3-5-8(7)2/h6H,3-5H2,1-2H3/q+1/t7-/m1/s1. The van der Waals surface area contributed by atoms with Crippen LogP contribution in [0.2, 0.25) is 0 Å². The molecule has 2 nitrogen and oxygen atoms in total. The summed E-state index contributed by atoms with van der Waals surface area (Å²) in [4.78, 5) is 12.6. The van der Waals surface area contributed by atoms with E-state index in [0.29, 0.717) is 0 Å². The monoisotopic (exact) mass is 127 g/mol. The highest BCUT2D eigenvalue weighted by Crippen LogP contribution is 2.21. The van der Waals surface area contributed by atoms with Crippen molar-refractivity contribution in [1.82, 2.24) is 4.90 Å². The van der Waals surface area contributed by atoms with E-state index in [9.17, 15) is 4.79 Å². The van der Waals surface area contributed by atoms with Crippen LogP contribution in [0.5, 0.6) is 0 Å². The number of rotatable bonds is 1. The third kappa shape index (κ3) is 0.990. The molecular formula is C7H13NO+. The van der Waals surface area contributed by atoms with Gasteiger partial charge in [0.1, 0.15) is 13.6 Å². The maximum absolute atomic E-state index is 10.5. The van der Waals surface area contributed by atoms with E-state index in [1.165, 1.54) is 0 Å². The summed E-state index contributed by atoms with van der Waals surface area (Å²) < 4.78 is 0. The molecule has 0 spiro atoms. The molecule has 0 aliphatic carbocycles. The molecule has 1 aliphatic heterocycles. The van der Waals surface area contributed by atoms with E-state index in [0.717, 1.165) is 25.7 Å². The molecule has 0 aromatic rings. The lowest BCUT2D eigenvalue weighted by Crippen LogP contribution is -2.44. The molecular weight excluding hydrogens is 114 g/mol. The van der Waals surface area contributed by atoms with Gasteiger partial charge in [-0.05, 0) is 0 Å². The SMILES string of the molecule is C[N+]1CCC[C@]1(C)C=O. The summed E-state index contributed by atoms with van der Waals surface area (Å²) in [7, 11) is 2.00. The topological polar surface area (TPSA) is 23.0 Å². The van der Waals surface area contributed by atoms with Crippen molar-refractivity contribution in [3.05, 3.63) is 0 Å². The second kappa shape index (κ2) is 2.10. The van der Waals surface area contributed by atoms with Gasteiger partial charge in [0.15, 0.2) is 11.8 Å². The molecule has 2 heteroatoms. The van der Waals surface area contributed by atoms with Crippen LogP contribution in [0.15, 0.2) is 0 Å². The molecule has 0 aromatic heterocycles. The minimum absolute atomic E-state index is 0.153. The van der Waals surface area contributed by atoms with Crippen molar-refractivity contribution in [3.63, 3.8) is 0 Å². The number of hydrogen-bond donors (Lipinski definition) is 0. The van der Waals surface area contributed by atoms with Gasteiger partial charge in [-0.25, -0.2) is 0 Å². The summed E-state index contributed by atoms with van der Waals surface area (Å²) >= 11 is 0. The van der Waals surface area contributed by atoms with Crippen molar-refractivity contribution < 1.29 is 4.79 Å². The zero-order valence-corrected chi connectivity index (χ0v) is 6.05. The van der Waals surface area contributed by atoms with Gasteiger partial charge in [0.25, 0.3) is 0 Å². The Balaban J connectivity index is 2.66. The normalized spacial score (nSPS) is 37.1. The van der Waals surface area contributed by atoms with Crippen LogP contribution in [0.4, 0.5) is 0 Å². The minimum Gasteiger partial charge on any atom is -0.296 e. The molecule has 1 atom stereocenters. The summed E-state index contributed by atoms with van der Waals surface area (Å²) in [6.07, 6.45) is 3.23. The Hall–Kier alpha value is -0.370. The predicted molar refractivity (Wildman–Crippen MR) is 36.6 cm³/mol. The molecule has 0 saturated carbocycles. The smallest absolute Gasteiger partial charge is 0.195 e. The first kappa shape index (κ1) is 6.75. The zero-order chi connectivity index (χ0) is 6.91. The van der Waals surface area contributed by atoms with Crippen LogP contribution in [0, 0.1) is 0 Å². The summed E-state index contributed by atoms with van der Waals surface area (Å²) in [5, 5.41) is 0. The number of likely N-dealkylation sites (tertiary alicyclic amines) is 1. The van der Waals surface area contributed by atoms with Gasteiger partial charge in [0, 0.05) is 19.8 Å². The third-order valence-corrected chi connectivity index (χ3v) is 2.30. The molecule has 0 N–H and O–H groups in total. The van der Waals surface area contributed by atoms with Gasteiger partial charge < -0.3 is 0 Å². The van der Waals surface area contributed by atoms with Crippen LogP contribution < -0.4 is 4.90 Å². The lowest BCUT2D eigenvalue weighted by atomic mass is 10.0. The first-order valence-corrected chi connectivity index (χ1v) is 3.36. The van der Waals surface area contributed by atoms with E-state index >= 15 is 0 Å². The third-order valence-electron chi connectivity index (χ3n) is 2.30. The molecule has 0 amide bonds. The van der Waals surface area contributed by atoms with Crippen LogP contribution in [0.25, 0.3) is 0 Å². The van der Waals surface area contributed by atoms with Gasteiger partial charge in [-0.15, -0.1) is 0 Å². The van der Waals surface area contributed by atoms with Gasteiger partial charge in [0.05, 0.1) is 0 Å². The summed E-state index contributed by atoms with van der Waals surface area (Å²) in [6.45, 7) is 3.06. The van der Waals surface area contributed by atoms with E-state index in [2.05, 4.69) is 4.90 Å². The van der Waals surface area contributed by atoms with Crippen LogP contribution in [-0.4, -0.2) is 25.4 Å². The number of hydrogen-bond acceptors (Lipinski definition) is 2. The van der Waals surface area contributed by atoms with Crippen LogP contribution in [-0.2, 0) is 4.79 Å². The van der Waals surface area contributed by atoms with Crippen molar-refractivity contribution >= 4 is 6.29 Å². The molecule has 1 saturated heterocycles. The highest BCUT2D eigenvalue weighted by Gasteiger charge is 2.42. The molecule has 1 fully saturated rings. The molecule has 1 rings (SSSR count). The lowest BCUT2D eigenvalue weighted by molar-refractivity contribution is -0.113. The van der Waals surface area contributed by atoms with E-state index in [1.54, 1.807) is 0 Å². The molecule has 0 bridgehead atoms. The van der Waals surface area contributed by atoms with E-state index in [1.807, 2.05) is 14.0 Å². The summed E-state index contributed by atoms with van der Waals surface area (Å²) in [5.74, 6) is 0. The Kier molecular flexibility index (Phi) is 1.58. The van der Waals surface area contributed by atoms with Gasteiger partial charge in [-0.3, -0.25) is 4.79 Å². The van der Waals surface area contributed by atoms with Crippen molar-refractivity contribution in [1.29, 1.82) is 0 Å². The van der Waals surface area contributed by atoms with Crippen molar-refractivity contribution in [2.75, 3.05) is 13.6 Å². The molecule has 1 radical (unpaired) electrons. The maximum Gasteiger partial charge on any atom is 0.195 e. The number of nitrogens with zero attached hydrogens (tertiary/aromatic N) is 1. The second-order valence-corrected chi connectivity index (χ2v) is 3.00. The van der Waals surface area contributed by atoms with Crippen molar-refractivity contribution in [2.45, 2.75) is 25.3 Å². The lowest BCUT2D eigenvalue weighted by Gasteiger charge is -2.14. The predicted octanol–water partition coefficient (Wildman–Crippen LogP) is 0.508. The number of aldehydes is 1. The van der Waals surface area contributed by atoms with Crippen molar-refractivity contribution in [3.8, 4) is 0 Å². The molecule has 1 aliphatic rings. The van der Waals surface area contributed by atoms with E-state index < -0.39 is 0 Å². The fourth-order valence-corrected chi connectivity index (χ4v) is 1.27. The molecule has 9 heavy (non-hydrogen) atoms. The van der Waals surface area contributed by atoms with Crippen molar-refractivity contribution in [2.24, 2.45) is 0 Å². The second-order valence-electron chi connectivity index (χ2n) is 3.00. The largest absolute Gasteiger partial charge is 0.296 e. The zero-order valence-electron chi connectivity index (χ0n) is 6.05. The highest BCUT2D eigenvalue weighted by atomic mass is 16.1. The summed E-state index contributed by atoms with van der Waals surface area (Å²) in [6, 6.07) is 0. The van der Waals surface area contributed by atoms with Gasteiger partial charge in [-0.1, -0.05) is 0 Å². The fraction of sp³-hybridized carbons (Fsp3) is 0.857. The Morgan fingerprint density at radius 1 is 1.67 bits per heavy atom. The fourth-order valence-electron chi connectivity index (χ4n) is 1.27. The Morgan fingerprint density at radius 2 is 2.33 bits per heavy atom. The number of likely N-dealkylation sites (N-methyl/N-ethyl adjacent to an activating group) is 1. The summed E-state index contributed by atoms with van der Waals surface area (Å²) in [5.41, 5.74) is -0.153. The molecule has 1 heterocycles. The Bertz CT molecular complexity index is 124. The van der Waals surface area contributed by atoms with Gasteiger partial charge in [-0.2, -0.15) is 4.90 Å². The molecule has 51 valence electrons. The van der Waals surface area contributed by atoms with Gasteiger partial charge in [0.2, 0.25) is 0 Å². The Labute approximate surface area is 55.8 Å². The van der Waals surface area contributed by atoms with E-state index in [4.69, 9.17) is 0 Å². The van der Waals surface area contributed by atoms with Crippen LogP contribution in [0.3, 0.4) is 0 Å². The average molecular weight is 127 g/mol. The number of carbonyl (C=O) groups excluding carboxylic acids is 1. The van der Waals surface area contributed by atoms with Crippen LogP contribution >= 0.6 is 0 Å². The van der Waals surface area contributed by atoms with Crippen LogP contribution in [0.1, 0.15) is 19.8 Å². The van der Waals surface area contributed by atoms with E-state index in [-0.39, 0.29) is 5.54 Å². The van der Waals surface area contributed by atoms with Gasteiger partial charge >= 0.3 is 0 Å².